The number of ether oxygens (including phenoxy) is 1. The number of aliphatic carboxylic acids is 1. The van der Waals surface area contributed by atoms with E-state index in [1.54, 1.807) is 6.07 Å². The van der Waals surface area contributed by atoms with E-state index in [-0.39, 0.29) is 23.6 Å². The molecular weight excluding hydrogens is 453 g/mol. The number of hydrogen-bond acceptors (Lipinski definition) is 4. The number of carboxylic acid groups (broad SMARTS) is 1. The van der Waals surface area contributed by atoms with Crippen LogP contribution in [0.1, 0.15) is 38.5 Å². The molecule has 0 unspecified atom stereocenters. The van der Waals surface area contributed by atoms with Gasteiger partial charge in [-0.1, -0.05) is 12.8 Å². The van der Waals surface area contributed by atoms with Gasteiger partial charge >= 0.3 is 5.97 Å². The number of piperidine rings is 1. The lowest BCUT2D eigenvalue weighted by Crippen LogP contribution is -2.45. The summed E-state index contributed by atoms with van der Waals surface area (Å²) in [6.07, 6.45) is 4.35. The van der Waals surface area contributed by atoms with Crippen molar-refractivity contribution in [3.05, 3.63) is 28.5 Å². The second kappa shape index (κ2) is 9.09. The van der Waals surface area contributed by atoms with Gasteiger partial charge in [-0.15, -0.1) is 0 Å². The summed E-state index contributed by atoms with van der Waals surface area (Å²) in [4.78, 5) is 11.6. The van der Waals surface area contributed by atoms with Gasteiger partial charge in [-0.3, -0.25) is 4.79 Å². The summed E-state index contributed by atoms with van der Waals surface area (Å²) in [6, 6.07) is 4.18. The Labute approximate surface area is 173 Å². The first-order valence-corrected chi connectivity index (χ1v) is 12.0. The number of carboxylic acids is 1. The Bertz CT molecular complexity index is 805. The maximum absolute atomic E-state index is 13.2. The molecule has 1 aromatic rings. The molecule has 156 valence electrons. The summed E-state index contributed by atoms with van der Waals surface area (Å²) < 4.78 is 46.5. The number of carbonyl (C=O) groups is 1. The summed E-state index contributed by atoms with van der Waals surface area (Å²) >= 11 is 3.26. The third-order valence-corrected chi connectivity index (χ3v) is 8.21. The fraction of sp³-hybridized carbons (Fsp3) is 0.632. The standard InChI is InChI=1S/C19H25BrFNO5S/c20-17-11-14(21)5-6-18(17)27-15-7-9-22(10-8-15)28(25,26)12-16(19(23)24)13-3-1-2-4-13/h5-6,11,13,15-16H,1-4,7-10,12H2,(H,23,24)/t16-/m0/s1. The van der Waals surface area contributed by atoms with Crippen molar-refractivity contribution in [3.8, 4) is 5.75 Å². The molecule has 1 aliphatic carbocycles. The Morgan fingerprint density at radius 1 is 1.25 bits per heavy atom. The number of halogens is 2. The second-order valence-electron chi connectivity index (χ2n) is 7.56. The van der Waals surface area contributed by atoms with Crippen LogP contribution in [0.2, 0.25) is 0 Å². The quantitative estimate of drug-likeness (QED) is 0.647. The van der Waals surface area contributed by atoms with Crippen molar-refractivity contribution in [1.29, 1.82) is 0 Å². The molecule has 9 heteroatoms. The molecule has 0 amide bonds. The zero-order chi connectivity index (χ0) is 20.3. The Kier molecular flexibility index (Phi) is 6.98. The van der Waals surface area contributed by atoms with E-state index in [1.807, 2.05) is 0 Å². The maximum atomic E-state index is 13.2. The van der Waals surface area contributed by atoms with E-state index < -0.39 is 21.9 Å². The molecule has 2 fully saturated rings. The van der Waals surface area contributed by atoms with Gasteiger partial charge in [0.25, 0.3) is 0 Å². The van der Waals surface area contributed by atoms with Gasteiger partial charge in [0.15, 0.2) is 0 Å². The van der Waals surface area contributed by atoms with Crippen molar-refractivity contribution < 1.29 is 27.4 Å². The molecule has 0 radical (unpaired) electrons. The first-order chi connectivity index (χ1) is 13.3. The van der Waals surface area contributed by atoms with Crippen molar-refractivity contribution in [2.75, 3.05) is 18.8 Å². The molecule has 1 atom stereocenters. The van der Waals surface area contributed by atoms with Gasteiger partial charge in [-0.2, -0.15) is 0 Å². The van der Waals surface area contributed by atoms with E-state index in [4.69, 9.17) is 4.74 Å². The smallest absolute Gasteiger partial charge is 0.307 e. The van der Waals surface area contributed by atoms with Crippen LogP contribution in [0.3, 0.4) is 0 Å². The number of sulfonamides is 1. The molecule has 0 bridgehead atoms. The van der Waals surface area contributed by atoms with Crippen LogP contribution in [0, 0.1) is 17.7 Å². The van der Waals surface area contributed by atoms with Gasteiger partial charge in [-0.05, 0) is 65.7 Å². The number of benzene rings is 1. The van der Waals surface area contributed by atoms with E-state index in [1.165, 1.54) is 16.4 Å². The van der Waals surface area contributed by atoms with Crippen LogP contribution >= 0.6 is 15.9 Å². The minimum absolute atomic E-state index is 0.0519. The van der Waals surface area contributed by atoms with Crippen LogP contribution in [-0.2, 0) is 14.8 Å². The summed E-state index contributed by atoms with van der Waals surface area (Å²) in [5.74, 6) is -2.08. The molecule has 3 rings (SSSR count). The summed E-state index contributed by atoms with van der Waals surface area (Å²) in [6.45, 7) is 0.589. The van der Waals surface area contributed by atoms with Crippen LogP contribution < -0.4 is 4.74 Å². The van der Waals surface area contributed by atoms with Crippen molar-refractivity contribution in [1.82, 2.24) is 4.31 Å². The Morgan fingerprint density at radius 2 is 1.89 bits per heavy atom. The molecule has 1 aliphatic heterocycles. The minimum Gasteiger partial charge on any atom is -0.489 e. The average Bonchev–Trinajstić information content (AvgIpc) is 3.17. The molecule has 6 nitrogen and oxygen atoms in total. The zero-order valence-electron chi connectivity index (χ0n) is 15.5. The van der Waals surface area contributed by atoms with E-state index in [0.29, 0.717) is 36.2 Å². The summed E-state index contributed by atoms with van der Waals surface area (Å²) in [5, 5.41) is 9.51. The topological polar surface area (TPSA) is 83.9 Å². The lowest BCUT2D eigenvalue weighted by atomic mass is 9.93. The largest absolute Gasteiger partial charge is 0.489 e. The first kappa shape index (κ1) is 21.5. The first-order valence-electron chi connectivity index (χ1n) is 9.58. The number of rotatable bonds is 7. The molecule has 2 aliphatic rings. The minimum atomic E-state index is -3.64. The molecule has 0 aromatic heterocycles. The molecule has 1 saturated heterocycles. The Balaban J connectivity index is 1.57. The monoisotopic (exact) mass is 477 g/mol. The van der Waals surface area contributed by atoms with E-state index >= 15 is 0 Å². The van der Waals surface area contributed by atoms with Gasteiger partial charge in [-0.25, -0.2) is 17.1 Å². The van der Waals surface area contributed by atoms with Crippen LogP contribution in [0.5, 0.6) is 5.75 Å². The van der Waals surface area contributed by atoms with Crippen LogP contribution in [0.4, 0.5) is 4.39 Å². The predicted octanol–water partition coefficient (Wildman–Crippen LogP) is 3.65. The molecule has 0 spiro atoms. The third-order valence-electron chi connectivity index (χ3n) is 5.66. The van der Waals surface area contributed by atoms with E-state index in [9.17, 15) is 22.7 Å². The van der Waals surface area contributed by atoms with Crippen LogP contribution in [0.25, 0.3) is 0 Å². The third kappa shape index (κ3) is 5.24. The highest BCUT2D eigenvalue weighted by Crippen LogP contribution is 2.33. The molecule has 1 aromatic carbocycles. The fourth-order valence-corrected chi connectivity index (χ4v) is 6.37. The molecular formula is C19H25BrFNO5S. The highest BCUT2D eigenvalue weighted by atomic mass is 79.9. The zero-order valence-corrected chi connectivity index (χ0v) is 17.9. The van der Waals surface area contributed by atoms with Crippen molar-refractivity contribution in [2.45, 2.75) is 44.6 Å². The molecule has 28 heavy (non-hydrogen) atoms. The van der Waals surface area contributed by atoms with Gasteiger partial charge < -0.3 is 9.84 Å². The van der Waals surface area contributed by atoms with Gasteiger partial charge in [0.2, 0.25) is 10.0 Å². The fourth-order valence-electron chi connectivity index (χ4n) is 4.08. The molecule has 1 heterocycles. The van der Waals surface area contributed by atoms with Gasteiger partial charge in [0.05, 0.1) is 16.1 Å². The summed E-state index contributed by atoms with van der Waals surface area (Å²) in [5.41, 5.74) is 0. The number of nitrogens with zero attached hydrogens (tertiary/aromatic N) is 1. The Hall–Kier alpha value is -1.19. The average molecular weight is 478 g/mol. The van der Waals surface area contributed by atoms with Crippen LogP contribution in [-0.4, -0.2) is 48.7 Å². The molecule has 1 saturated carbocycles. The van der Waals surface area contributed by atoms with Gasteiger partial charge in [0.1, 0.15) is 17.7 Å². The SMILES string of the molecule is O=C(O)[C@@H](CS(=O)(=O)N1CCC(Oc2ccc(F)cc2Br)CC1)C1CCCC1. The van der Waals surface area contributed by atoms with Crippen molar-refractivity contribution >= 4 is 31.9 Å². The second-order valence-corrected chi connectivity index (χ2v) is 10.4. The van der Waals surface area contributed by atoms with E-state index in [2.05, 4.69) is 15.9 Å². The highest BCUT2D eigenvalue weighted by Gasteiger charge is 2.37. The normalized spacial score (nSPS) is 20.9. The highest BCUT2D eigenvalue weighted by molar-refractivity contribution is 9.10. The lowest BCUT2D eigenvalue weighted by Gasteiger charge is -2.32. The maximum Gasteiger partial charge on any atom is 0.307 e. The lowest BCUT2D eigenvalue weighted by molar-refractivity contribution is -0.142. The Morgan fingerprint density at radius 3 is 2.46 bits per heavy atom. The van der Waals surface area contributed by atoms with Crippen molar-refractivity contribution in [3.63, 3.8) is 0 Å². The van der Waals surface area contributed by atoms with Crippen molar-refractivity contribution in [2.24, 2.45) is 11.8 Å². The molecule has 1 N–H and O–H groups in total. The van der Waals surface area contributed by atoms with E-state index in [0.717, 1.165) is 25.7 Å². The number of hydrogen-bond donors (Lipinski definition) is 1. The summed E-state index contributed by atoms with van der Waals surface area (Å²) in [7, 11) is -3.64. The predicted molar refractivity (Wildman–Crippen MR) is 106 cm³/mol. The van der Waals surface area contributed by atoms with Crippen LogP contribution in [0.15, 0.2) is 22.7 Å². The van der Waals surface area contributed by atoms with Gasteiger partial charge in [0, 0.05) is 13.1 Å².